The first-order valence-electron chi connectivity index (χ1n) is 4.82. The SMILES string of the molecule is CCS(=O)(=O)NC[C@H](O)CC(C)(C)C. The van der Waals surface area contributed by atoms with Crippen LogP contribution in [0.5, 0.6) is 0 Å². The molecule has 14 heavy (non-hydrogen) atoms. The zero-order valence-corrected chi connectivity index (χ0v) is 10.2. The maximum atomic E-state index is 11.0. The van der Waals surface area contributed by atoms with E-state index in [4.69, 9.17) is 0 Å². The van der Waals surface area contributed by atoms with Gasteiger partial charge >= 0.3 is 0 Å². The van der Waals surface area contributed by atoms with E-state index in [2.05, 4.69) is 4.72 Å². The molecule has 0 fully saturated rings. The molecule has 2 N–H and O–H groups in total. The van der Waals surface area contributed by atoms with Crippen LogP contribution in [0.25, 0.3) is 0 Å². The molecule has 0 radical (unpaired) electrons. The van der Waals surface area contributed by atoms with Crippen molar-refractivity contribution in [1.82, 2.24) is 4.72 Å². The van der Waals surface area contributed by atoms with Gasteiger partial charge in [0, 0.05) is 6.54 Å². The number of rotatable bonds is 5. The van der Waals surface area contributed by atoms with Crippen LogP contribution >= 0.6 is 0 Å². The molecule has 0 aliphatic heterocycles. The summed E-state index contributed by atoms with van der Waals surface area (Å²) in [6.07, 6.45) is -0.0319. The van der Waals surface area contributed by atoms with Crippen LogP contribution in [0, 0.1) is 5.41 Å². The van der Waals surface area contributed by atoms with Gasteiger partial charge in [0.2, 0.25) is 10.0 Å². The fraction of sp³-hybridized carbons (Fsp3) is 1.00. The summed E-state index contributed by atoms with van der Waals surface area (Å²) < 4.78 is 24.4. The molecule has 0 spiro atoms. The quantitative estimate of drug-likeness (QED) is 0.722. The Morgan fingerprint density at radius 2 is 1.86 bits per heavy atom. The van der Waals surface area contributed by atoms with Crippen LogP contribution in [-0.2, 0) is 10.0 Å². The Morgan fingerprint density at radius 1 is 1.36 bits per heavy atom. The van der Waals surface area contributed by atoms with Crippen LogP contribution in [0.1, 0.15) is 34.1 Å². The molecule has 0 bridgehead atoms. The van der Waals surface area contributed by atoms with Crippen molar-refractivity contribution in [3.05, 3.63) is 0 Å². The molecule has 0 rings (SSSR count). The second kappa shape index (κ2) is 5.09. The molecule has 0 amide bonds. The lowest BCUT2D eigenvalue weighted by molar-refractivity contribution is 0.125. The fourth-order valence-electron chi connectivity index (χ4n) is 1.10. The average molecular weight is 223 g/mol. The third kappa shape index (κ3) is 7.29. The zero-order valence-electron chi connectivity index (χ0n) is 9.37. The third-order valence-corrected chi connectivity index (χ3v) is 3.13. The van der Waals surface area contributed by atoms with E-state index in [0.29, 0.717) is 6.42 Å². The van der Waals surface area contributed by atoms with Gasteiger partial charge in [-0.3, -0.25) is 0 Å². The Balaban J connectivity index is 3.93. The number of aliphatic hydroxyl groups is 1. The van der Waals surface area contributed by atoms with Crippen molar-refractivity contribution in [1.29, 1.82) is 0 Å². The topological polar surface area (TPSA) is 66.4 Å². The number of hydrogen-bond donors (Lipinski definition) is 2. The number of hydrogen-bond acceptors (Lipinski definition) is 3. The molecular formula is C9H21NO3S. The van der Waals surface area contributed by atoms with Gasteiger partial charge in [0.1, 0.15) is 0 Å². The minimum absolute atomic E-state index is 0.0110. The summed E-state index contributed by atoms with van der Waals surface area (Å²) in [5.74, 6) is 0.0508. The van der Waals surface area contributed by atoms with E-state index in [1.54, 1.807) is 6.92 Å². The molecule has 0 aliphatic carbocycles. The molecule has 0 unspecified atom stereocenters. The normalized spacial score (nSPS) is 15.5. The van der Waals surface area contributed by atoms with Crippen molar-refractivity contribution >= 4 is 10.0 Å². The average Bonchev–Trinajstić information content (AvgIpc) is 1.98. The van der Waals surface area contributed by atoms with Gasteiger partial charge in [-0.05, 0) is 18.8 Å². The third-order valence-electron chi connectivity index (χ3n) is 1.77. The van der Waals surface area contributed by atoms with Gasteiger partial charge in [0.15, 0.2) is 0 Å². The van der Waals surface area contributed by atoms with Gasteiger partial charge in [0.25, 0.3) is 0 Å². The van der Waals surface area contributed by atoms with Gasteiger partial charge in [-0.15, -0.1) is 0 Å². The molecule has 0 saturated carbocycles. The van der Waals surface area contributed by atoms with E-state index in [9.17, 15) is 13.5 Å². The maximum Gasteiger partial charge on any atom is 0.211 e. The number of sulfonamides is 1. The maximum absolute atomic E-state index is 11.0. The van der Waals surface area contributed by atoms with Gasteiger partial charge in [-0.2, -0.15) is 0 Å². The fourth-order valence-corrected chi connectivity index (χ4v) is 1.75. The lowest BCUT2D eigenvalue weighted by Gasteiger charge is -2.22. The number of aliphatic hydroxyl groups excluding tert-OH is 1. The predicted molar refractivity (Wildman–Crippen MR) is 57.5 cm³/mol. The van der Waals surface area contributed by atoms with Gasteiger partial charge in [-0.25, -0.2) is 13.1 Å². The second-order valence-electron chi connectivity index (χ2n) is 4.67. The van der Waals surface area contributed by atoms with E-state index in [1.807, 2.05) is 20.8 Å². The van der Waals surface area contributed by atoms with Gasteiger partial charge in [0.05, 0.1) is 11.9 Å². The lowest BCUT2D eigenvalue weighted by Crippen LogP contribution is -2.34. The minimum Gasteiger partial charge on any atom is -0.392 e. The molecule has 0 aromatic carbocycles. The molecule has 0 aromatic rings. The summed E-state index contributed by atoms with van der Waals surface area (Å²) in [6.45, 7) is 7.69. The Kier molecular flexibility index (Phi) is 5.05. The van der Waals surface area contributed by atoms with Crippen molar-refractivity contribution in [2.45, 2.75) is 40.2 Å². The Labute approximate surface area is 86.8 Å². The number of nitrogens with one attached hydrogen (secondary N) is 1. The van der Waals surface area contributed by atoms with E-state index < -0.39 is 16.1 Å². The van der Waals surface area contributed by atoms with E-state index in [-0.39, 0.29) is 17.7 Å². The molecule has 4 nitrogen and oxygen atoms in total. The van der Waals surface area contributed by atoms with Crippen LogP contribution in [0.2, 0.25) is 0 Å². The molecule has 86 valence electrons. The van der Waals surface area contributed by atoms with Crippen LogP contribution in [0.15, 0.2) is 0 Å². The Hall–Kier alpha value is -0.130. The highest BCUT2D eigenvalue weighted by Gasteiger charge is 2.18. The van der Waals surface area contributed by atoms with Crippen LogP contribution in [0.4, 0.5) is 0 Å². The van der Waals surface area contributed by atoms with Crippen molar-refractivity contribution in [3.63, 3.8) is 0 Å². The van der Waals surface area contributed by atoms with E-state index >= 15 is 0 Å². The minimum atomic E-state index is -3.18. The molecule has 0 aromatic heterocycles. The first-order chi connectivity index (χ1) is 6.16. The van der Waals surface area contributed by atoms with E-state index in [1.165, 1.54) is 0 Å². The van der Waals surface area contributed by atoms with Crippen molar-refractivity contribution in [2.24, 2.45) is 5.41 Å². The molecule has 5 heteroatoms. The highest BCUT2D eigenvalue weighted by atomic mass is 32.2. The van der Waals surface area contributed by atoms with Crippen molar-refractivity contribution in [2.75, 3.05) is 12.3 Å². The Bertz CT molecular complexity index is 254. The molecule has 0 aliphatic rings. The first kappa shape index (κ1) is 13.9. The predicted octanol–water partition coefficient (Wildman–Crippen LogP) is 0.723. The Morgan fingerprint density at radius 3 is 2.21 bits per heavy atom. The monoisotopic (exact) mass is 223 g/mol. The second-order valence-corrected chi connectivity index (χ2v) is 6.77. The largest absolute Gasteiger partial charge is 0.392 e. The summed E-state index contributed by atoms with van der Waals surface area (Å²) in [5, 5.41) is 9.52. The summed E-state index contributed by atoms with van der Waals surface area (Å²) in [4.78, 5) is 0. The summed E-state index contributed by atoms with van der Waals surface area (Å²) in [5.41, 5.74) is 0.0110. The van der Waals surface area contributed by atoms with Crippen molar-refractivity contribution < 1.29 is 13.5 Å². The summed E-state index contributed by atoms with van der Waals surface area (Å²) in [6, 6.07) is 0. The van der Waals surface area contributed by atoms with Gasteiger partial charge in [-0.1, -0.05) is 20.8 Å². The smallest absolute Gasteiger partial charge is 0.211 e. The highest BCUT2D eigenvalue weighted by Crippen LogP contribution is 2.20. The van der Waals surface area contributed by atoms with Crippen LogP contribution in [-0.4, -0.2) is 31.9 Å². The molecule has 0 saturated heterocycles. The highest BCUT2D eigenvalue weighted by molar-refractivity contribution is 7.89. The van der Waals surface area contributed by atoms with Gasteiger partial charge < -0.3 is 5.11 Å². The molecule has 1 atom stereocenters. The van der Waals surface area contributed by atoms with Crippen LogP contribution < -0.4 is 4.72 Å². The zero-order chi connectivity index (χ0) is 11.4. The molecular weight excluding hydrogens is 202 g/mol. The summed E-state index contributed by atoms with van der Waals surface area (Å²) >= 11 is 0. The summed E-state index contributed by atoms with van der Waals surface area (Å²) in [7, 11) is -3.18. The standard InChI is InChI=1S/C9H21NO3S/c1-5-14(12,13)10-7-8(11)6-9(2,3)4/h8,10-11H,5-7H2,1-4H3/t8-/m1/s1. The molecule has 0 heterocycles. The van der Waals surface area contributed by atoms with Crippen LogP contribution in [0.3, 0.4) is 0 Å². The van der Waals surface area contributed by atoms with E-state index in [0.717, 1.165) is 0 Å². The first-order valence-corrected chi connectivity index (χ1v) is 6.47. The lowest BCUT2D eigenvalue weighted by atomic mass is 9.89. The van der Waals surface area contributed by atoms with Crippen molar-refractivity contribution in [3.8, 4) is 0 Å².